The molecule has 1 aliphatic heterocycles. The van der Waals surface area contributed by atoms with E-state index in [0.29, 0.717) is 0 Å². The Labute approximate surface area is 133 Å². The fraction of sp³-hybridized carbons (Fsp3) is 0.438. The second kappa shape index (κ2) is 5.72. The van der Waals surface area contributed by atoms with Crippen molar-refractivity contribution in [2.24, 2.45) is 0 Å². The Kier molecular flexibility index (Phi) is 3.93. The van der Waals surface area contributed by atoms with Gasteiger partial charge in [0.25, 0.3) is 0 Å². The van der Waals surface area contributed by atoms with Gasteiger partial charge in [0.2, 0.25) is 0 Å². The molecule has 1 unspecified atom stereocenters. The number of hydrogen-bond donors (Lipinski definition) is 1. The van der Waals surface area contributed by atoms with Crippen LogP contribution in [0.2, 0.25) is 0 Å². The summed E-state index contributed by atoms with van der Waals surface area (Å²) in [5.74, 6) is 2.01. The third-order valence-electron chi connectivity index (χ3n) is 4.00. The van der Waals surface area contributed by atoms with Gasteiger partial charge >= 0.3 is 0 Å². The number of benzene rings is 1. The Morgan fingerprint density at radius 2 is 2.29 bits per heavy atom. The lowest BCUT2D eigenvalue weighted by Crippen LogP contribution is -2.25. The van der Waals surface area contributed by atoms with Gasteiger partial charge in [0.05, 0.1) is 23.3 Å². The van der Waals surface area contributed by atoms with E-state index < -0.39 is 0 Å². The number of aromatic nitrogens is 2. The highest BCUT2D eigenvalue weighted by atomic mass is 79.9. The van der Waals surface area contributed by atoms with Gasteiger partial charge in [-0.15, -0.1) is 0 Å². The lowest BCUT2D eigenvalue weighted by Gasteiger charge is -2.27. The molecular weight excluding hydrogens is 330 g/mol. The second-order valence-corrected chi connectivity index (χ2v) is 6.18. The highest BCUT2D eigenvalue weighted by molar-refractivity contribution is 9.10. The maximum Gasteiger partial charge on any atom is 0.139 e. The third-order valence-corrected chi connectivity index (χ3v) is 4.84. The van der Waals surface area contributed by atoms with Crippen molar-refractivity contribution in [2.75, 3.05) is 19.0 Å². The van der Waals surface area contributed by atoms with E-state index in [0.717, 1.165) is 41.1 Å². The molecule has 0 aliphatic carbocycles. The molecule has 0 spiro atoms. The van der Waals surface area contributed by atoms with E-state index in [1.165, 1.54) is 11.1 Å². The Hall–Kier alpha value is -1.49. The van der Waals surface area contributed by atoms with Crippen molar-refractivity contribution in [2.45, 2.75) is 32.7 Å². The van der Waals surface area contributed by atoms with Crippen LogP contribution in [0.5, 0.6) is 5.75 Å². The molecular formula is C16H20BrN3O. The number of aryl methyl sites for hydroxylation is 2. The zero-order valence-corrected chi connectivity index (χ0v) is 14.2. The SMILES string of the molecule is CCc1nn2c(c1Br)NCCC2c1cc(C)ccc1OC. The number of nitrogens with one attached hydrogen (secondary N) is 1. The number of fused-ring (bicyclic) bond motifs is 1. The molecule has 21 heavy (non-hydrogen) atoms. The van der Waals surface area contributed by atoms with Crippen LogP contribution < -0.4 is 10.1 Å². The van der Waals surface area contributed by atoms with E-state index in [1.54, 1.807) is 7.11 Å². The molecule has 0 saturated carbocycles. The Morgan fingerprint density at radius 3 is 3.00 bits per heavy atom. The van der Waals surface area contributed by atoms with Crippen LogP contribution in [0.15, 0.2) is 22.7 Å². The fourth-order valence-electron chi connectivity index (χ4n) is 2.92. The molecule has 2 aromatic rings. The molecule has 1 N–H and O–H groups in total. The number of anilines is 1. The number of hydrogen-bond acceptors (Lipinski definition) is 3. The summed E-state index contributed by atoms with van der Waals surface area (Å²) in [5, 5.41) is 8.23. The predicted molar refractivity (Wildman–Crippen MR) is 88.3 cm³/mol. The van der Waals surface area contributed by atoms with Crippen LogP contribution in [0.1, 0.15) is 36.2 Å². The van der Waals surface area contributed by atoms with E-state index in [-0.39, 0.29) is 6.04 Å². The predicted octanol–water partition coefficient (Wildman–Crippen LogP) is 3.93. The normalized spacial score (nSPS) is 17.2. The van der Waals surface area contributed by atoms with Gasteiger partial charge in [-0.2, -0.15) is 5.10 Å². The molecule has 1 atom stereocenters. The number of rotatable bonds is 3. The van der Waals surface area contributed by atoms with E-state index in [2.05, 4.69) is 51.9 Å². The topological polar surface area (TPSA) is 39.1 Å². The molecule has 1 aromatic heterocycles. The molecule has 5 heteroatoms. The fourth-order valence-corrected chi connectivity index (χ4v) is 3.60. The summed E-state index contributed by atoms with van der Waals surface area (Å²) >= 11 is 3.67. The van der Waals surface area contributed by atoms with Crippen molar-refractivity contribution in [1.82, 2.24) is 9.78 Å². The van der Waals surface area contributed by atoms with Crippen molar-refractivity contribution in [3.8, 4) is 5.75 Å². The van der Waals surface area contributed by atoms with Crippen LogP contribution in [0.25, 0.3) is 0 Å². The molecule has 4 nitrogen and oxygen atoms in total. The lowest BCUT2D eigenvalue weighted by atomic mass is 9.99. The van der Waals surface area contributed by atoms with Crippen LogP contribution in [0, 0.1) is 6.92 Å². The zero-order chi connectivity index (χ0) is 15.0. The average Bonchev–Trinajstić information content (AvgIpc) is 2.84. The molecule has 2 heterocycles. The van der Waals surface area contributed by atoms with Crippen LogP contribution in [0.3, 0.4) is 0 Å². The third kappa shape index (κ3) is 2.44. The summed E-state index contributed by atoms with van der Waals surface area (Å²) in [6.45, 7) is 5.18. The minimum Gasteiger partial charge on any atom is -0.496 e. The minimum atomic E-state index is 0.215. The van der Waals surface area contributed by atoms with Gasteiger partial charge in [-0.3, -0.25) is 0 Å². The first-order valence-electron chi connectivity index (χ1n) is 7.31. The Morgan fingerprint density at radius 1 is 1.48 bits per heavy atom. The largest absolute Gasteiger partial charge is 0.496 e. The molecule has 1 aromatic carbocycles. The Balaban J connectivity index is 2.12. The van der Waals surface area contributed by atoms with Crippen molar-refractivity contribution in [1.29, 1.82) is 0 Å². The maximum absolute atomic E-state index is 5.56. The molecule has 0 bridgehead atoms. The molecule has 0 amide bonds. The minimum absolute atomic E-state index is 0.215. The number of nitrogens with zero attached hydrogens (tertiary/aromatic N) is 2. The molecule has 112 valence electrons. The monoisotopic (exact) mass is 349 g/mol. The van der Waals surface area contributed by atoms with Gasteiger partial charge in [0.1, 0.15) is 11.6 Å². The van der Waals surface area contributed by atoms with Crippen molar-refractivity contribution < 1.29 is 4.74 Å². The standard InChI is InChI=1S/C16H20BrN3O/c1-4-12-15(17)16-18-8-7-13(20(16)19-12)11-9-10(2)5-6-14(11)21-3/h5-6,9,13,18H,4,7-8H2,1-3H3. The maximum atomic E-state index is 5.56. The molecule has 0 radical (unpaired) electrons. The van der Waals surface area contributed by atoms with Gasteiger partial charge in [-0.05, 0) is 41.8 Å². The van der Waals surface area contributed by atoms with Crippen molar-refractivity contribution in [3.05, 3.63) is 39.5 Å². The number of ether oxygens (including phenoxy) is 1. The summed E-state index contributed by atoms with van der Waals surface area (Å²) in [7, 11) is 1.73. The van der Waals surface area contributed by atoms with Gasteiger partial charge in [0, 0.05) is 12.1 Å². The van der Waals surface area contributed by atoms with Crippen molar-refractivity contribution >= 4 is 21.7 Å². The number of halogens is 1. The summed E-state index contributed by atoms with van der Waals surface area (Å²) in [5.41, 5.74) is 3.54. The quantitative estimate of drug-likeness (QED) is 0.912. The summed E-state index contributed by atoms with van der Waals surface area (Å²) in [4.78, 5) is 0. The first-order valence-corrected chi connectivity index (χ1v) is 8.10. The highest BCUT2D eigenvalue weighted by Crippen LogP contribution is 2.39. The molecule has 1 aliphatic rings. The number of methoxy groups -OCH3 is 1. The van der Waals surface area contributed by atoms with Crippen LogP contribution in [0.4, 0.5) is 5.82 Å². The van der Waals surface area contributed by atoms with Gasteiger partial charge in [-0.25, -0.2) is 4.68 Å². The van der Waals surface area contributed by atoms with E-state index in [9.17, 15) is 0 Å². The smallest absolute Gasteiger partial charge is 0.139 e. The van der Waals surface area contributed by atoms with Gasteiger partial charge in [0.15, 0.2) is 0 Å². The lowest BCUT2D eigenvalue weighted by molar-refractivity contribution is 0.391. The first kappa shape index (κ1) is 14.4. The summed E-state index contributed by atoms with van der Waals surface area (Å²) in [6, 6.07) is 6.56. The van der Waals surface area contributed by atoms with Crippen molar-refractivity contribution in [3.63, 3.8) is 0 Å². The van der Waals surface area contributed by atoms with E-state index in [1.807, 2.05) is 6.07 Å². The average molecular weight is 350 g/mol. The zero-order valence-electron chi connectivity index (χ0n) is 12.6. The summed E-state index contributed by atoms with van der Waals surface area (Å²) < 4.78 is 8.74. The molecule has 3 rings (SSSR count). The van der Waals surface area contributed by atoms with Crippen LogP contribution >= 0.6 is 15.9 Å². The highest BCUT2D eigenvalue weighted by Gasteiger charge is 2.28. The van der Waals surface area contributed by atoms with Gasteiger partial charge < -0.3 is 10.1 Å². The first-order chi connectivity index (χ1) is 10.2. The van der Waals surface area contributed by atoms with Crippen LogP contribution in [-0.2, 0) is 6.42 Å². The Bertz CT molecular complexity index is 666. The van der Waals surface area contributed by atoms with E-state index >= 15 is 0 Å². The second-order valence-electron chi connectivity index (χ2n) is 5.38. The summed E-state index contributed by atoms with van der Waals surface area (Å²) in [6.07, 6.45) is 1.92. The van der Waals surface area contributed by atoms with E-state index in [4.69, 9.17) is 9.84 Å². The molecule has 0 saturated heterocycles. The molecule has 0 fully saturated rings. The van der Waals surface area contributed by atoms with Crippen LogP contribution in [-0.4, -0.2) is 23.4 Å². The van der Waals surface area contributed by atoms with Gasteiger partial charge in [-0.1, -0.05) is 24.6 Å².